The lowest BCUT2D eigenvalue weighted by Gasteiger charge is -2.47. The van der Waals surface area contributed by atoms with Gasteiger partial charge in [-0.3, -0.25) is 4.79 Å². The molecular formula is C21H16Cl2F3N3O2. The maximum atomic E-state index is 13.3. The summed E-state index contributed by atoms with van der Waals surface area (Å²) in [5, 5.41) is 12.1. The zero-order chi connectivity index (χ0) is 22.3. The van der Waals surface area contributed by atoms with Crippen LogP contribution in [0.1, 0.15) is 22.7 Å². The van der Waals surface area contributed by atoms with Crippen LogP contribution in [-0.2, 0) is 17.4 Å². The Morgan fingerprint density at radius 3 is 2.65 bits per heavy atom. The van der Waals surface area contributed by atoms with Gasteiger partial charge in [-0.15, -0.1) is 0 Å². The molecule has 4 rings (SSSR count). The van der Waals surface area contributed by atoms with E-state index in [0.717, 1.165) is 28.8 Å². The zero-order valence-electron chi connectivity index (χ0n) is 15.9. The van der Waals surface area contributed by atoms with E-state index in [-0.39, 0.29) is 17.0 Å². The number of pyridine rings is 1. The molecule has 0 radical (unpaired) electrons. The fourth-order valence-corrected chi connectivity index (χ4v) is 4.10. The number of allylic oxidation sites excluding steroid dienone is 2. The van der Waals surface area contributed by atoms with E-state index in [2.05, 4.69) is 4.98 Å². The Kier molecular flexibility index (Phi) is 5.83. The number of alkyl halides is 3. The number of hydrogen-bond donors (Lipinski definition) is 1. The van der Waals surface area contributed by atoms with Crippen LogP contribution in [0, 0.1) is 0 Å². The van der Waals surface area contributed by atoms with Crippen molar-refractivity contribution in [1.82, 2.24) is 14.9 Å². The monoisotopic (exact) mass is 469 g/mol. The van der Waals surface area contributed by atoms with Crippen LogP contribution in [0.3, 0.4) is 0 Å². The largest absolute Gasteiger partial charge is 0.416 e. The fourth-order valence-electron chi connectivity index (χ4n) is 3.76. The van der Waals surface area contributed by atoms with Gasteiger partial charge in [-0.05, 0) is 41.5 Å². The number of hydrogen-bond acceptors (Lipinski definition) is 5. The van der Waals surface area contributed by atoms with Gasteiger partial charge >= 0.3 is 6.18 Å². The Morgan fingerprint density at radius 1 is 1.19 bits per heavy atom. The predicted molar refractivity (Wildman–Crippen MR) is 108 cm³/mol. The second-order valence-corrected chi connectivity index (χ2v) is 7.98. The number of aromatic nitrogens is 1. The van der Waals surface area contributed by atoms with Crippen molar-refractivity contribution in [1.29, 1.82) is 0 Å². The van der Waals surface area contributed by atoms with E-state index in [1.165, 1.54) is 0 Å². The van der Waals surface area contributed by atoms with Crippen LogP contribution in [0.25, 0.3) is 0 Å². The van der Waals surface area contributed by atoms with E-state index in [4.69, 9.17) is 23.2 Å². The molecule has 5 nitrogen and oxygen atoms in total. The second kappa shape index (κ2) is 8.27. The normalized spacial score (nSPS) is 21.8. The molecule has 162 valence electrons. The molecule has 2 aliphatic heterocycles. The van der Waals surface area contributed by atoms with Crippen LogP contribution >= 0.6 is 23.2 Å². The van der Waals surface area contributed by atoms with Crippen molar-refractivity contribution in [3.8, 4) is 0 Å². The van der Waals surface area contributed by atoms with E-state index in [1.54, 1.807) is 35.4 Å². The van der Waals surface area contributed by atoms with Gasteiger partial charge in [-0.1, -0.05) is 41.4 Å². The van der Waals surface area contributed by atoms with Gasteiger partial charge in [0, 0.05) is 24.2 Å². The number of rotatable bonds is 3. The highest BCUT2D eigenvalue weighted by molar-refractivity contribution is 6.31. The van der Waals surface area contributed by atoms with Crippen LogP contribution in [0.5, 0.6) is 0 Å². The first-order valence-corrected chi connectivity index (χ1v) is 10.0. The van der Waals surface area contributed by atoms with Crippen molar-refractivity contribution in [2.75, 3.05) is 6.54 Å². The number of benzene rings is 1. The average molecular weight is 470 g/mol. The lowest BCUT2D eigenvalue weighted by atomic mass is 9.92. The summed E-state index contributed by atoms with van der Waals surface area (Å²) in [4.78, 5) is 18.9. The second-order valence-electron chi connectivity index (χ2n) is 7.19. The summed E-state index contributed by atoms with van der Waals surface area (Å²) in [5.74, 6) is -0.543. The summed E-state index contributed by atoms with van der Waals surface area (Å²) in [7, 11) is 0. The van der Waals surface area contributed by atoms with Gasteiger partial charge in [0.1, 0.15) is 17.4 Å². The molecule has 0 amide bonds. The Balaban J connectivity index is 1.77. The zero-order valence-corrected chi connectivity index (χ0v) is 17.4. The molecule has 2 aromatic rings. The summed E-state index contributed by atoms with van der Waals surface area (Å²) in [6, 6.07) is 4.67. The molecule has 1 saturated heterocycles. The molecule has 31 heavy (non-hydrogen) atoms. The SMILES string of the molecule is O=C1C2=CC=CCN2C(Cc2ccc(Cl)nc2)N(O)C1c1cc(C(F)(F)F)ccc1Cl. The molecular weight excluding hydrogens is 454 g/mol. The number of Topliss-reactive ketones (excluding diaryl/α,β-unsaturated/α-hetero) is 1. The summed E-state index contributed by atoms with van der Waals surface area (Å²) in [6.45, 7) is 0.351. The maximum Gasteiger partial charge on any atom is 0.416 e. The fraction of sp³-hybridized carbons (Fsp3) is 0.238. The van der Waals surface area contributed by atoms with Crippen LogP contribution in [-0.4, -0.2) is 38.6 Å². The number of hydroxylamine groups is 2. The molecule has 0 aliphatic carbocycles. The summed E-state index contributed by atoms with van der Waals surface area (Å²) in [6.07, 6.45) is 1.52. The van der Waals surface area contributed by atoms with Gasteiger partial charge in [-0.2, -0.15) is 18.2 Å². The third kappa shape index (κ3) is 4.21. The topological polar surface area (TPSA) is 56.7 Å². The first-order chi connectivity index (χ1) is 14.7. The molecule has 1 aromatic carbocycles. The van der Waals surface area contributed by atoms with Gasteiger partial charge in [0.05, 0.1) is 11.3 Å². The standard InChI is InChI=1S/C21H16Cl2F3N3O2/c22-15-6-5-13(21(24,25)26)10-14(15)19-20(30)16-3-1-2-8-28(16)18(29(19)31)9-12-4-7-17(23)27-11-12/h1-7,10-11,18-19,31H,8-9H2. The molecule has 1 fully saturated rings. The highest BCUT2D eigenvalue weighted by atomic mass is 35.5. The van der Waals surface area contributed by atoms with Crippen molar-refractivity contribution in [2.24, 2.45) is 0 Å². The number of halogens is 5. The minimum Gasteiger partial charge on any atom is -0.347 e. The van der Waals surface area contributed by atoms with Crippen LogP contribution in [0.2, 0.25) is 10.2 Å². The maximum absolute atomic E-state index is 13.3. The molecule has 0 spiro atoms. The molecule has 3 heterocycles. The minimum atomic E-state index is -4.62. The Bertz CT molecular complexity index is 1070. The molecule has 1 aromatic heterocycles. The van der Waals surface area contributed by atoms with E-state index in [1.807, 2.05) is 6.08 Å². The van der Waals surface area contributed by atoms with Gasteiger partial charge < -0.3 is 10.1 Å². The van der Waals surface area contributed by atoms with E-state index in [9.17, 15) is 23.2 Å². The van der Waals surface area contributed by atoms with Gasteiger partial charge in [0.2, 0.25) is 5.78 Å². The predicted octanol–water partition coefficient (Wildman–Crippen LogP) is 5.05. The summed E-state index contributed by atoms with van der Waals surface area (Å²) >= 11 is 12.0. The van der Waals surface area contributed by atoms with Crippen LogP contribution < -0.4 is 0 Å². The van der Waals surface area contributed by atoms with Crippen molar-refractivity contribution in [3.63, 3.8) is 0 Å². The molecule has 0 saturated carbocycles. The summed E-state index contributed by atoms with van der Waals surface area (Å²) < 4.78 is 39.8. The Morgan fingerprint density at radius 2 is 1.97 bits per heavy atom. The van der Waals surface area contributed by atoms with Crippen LogP contribution in [0.4, 0.5) is 13.2 Å². The molecule has 2 unspecified atom stereocenters. The third-order valence-electron chi connectivity index (χ3n) is 5.26. The molecule has 10 heteroatoms. The van der Waals surface area contributed by atoms with Gasteiger partial charge in [0.25, 0.3) is 0 Å². The highest BCUT2D eigenvalue weighted by Gasteiger charge is 2.45. The number of nitrogens with zero attached hydrogens (tertiary/aromatic N) is 3. The van der Waals surface area contributed by atoms with Crippen molar-refractivity contribution in [2.45, 2.75) is 24.8 Å². The number of carbonyl (C=O) groups excluding carboxylic acids is 1. The Labute approximate surface area is 185 Å². The number of carbonyl (C=O) groups is 1. The molecule has 1 N–H and O–H groups in total. The van der Waals surface area contributed by atoms with E-state index >= 15 is 0 Å². The van der Waals surface area contributed by atoms with E-state index < -0.39 is 29.7 Å². The summed E-state index contributed by atoms with van der Waals surface area (Å²) in [5.41, 5.74) is -0.0476. The first-order valence-electron chi connectivity index (χ1n) is 9.29. The molecule has 2 atom stereocenters. The average Bonchev–Trinajstić information content (AvgIpc) is 2.73. The smallest absolute Gasteiger partial charge is 0.347 e. The number of fused-ring (bicyclic) bond motifs is 1. The highest BCUT2D eigenvalue weighted by Crippen LogP contribution is 2.40. The molecule has 0 bridgehead atoms. The van der Waals surface area contributed by atoms with Gasteiger partial charge in [0.15, 0.2) is 0 Å². The van der Waals surface area contributed by atoms with E-state index in [0.29, 0.717) is 17.4 Å². The Hall–Kier alpha value is -2.39. The van der Waals surface area contributed by atoms with Crippen molar-refractivity contribution in [3.05, 3.63) is 87.3 Å². The van der Waals surface area contributed by atoms with Crippen molar-refractivity contribution >= 4 is 29.0 Å². The number of ketones is 1. The van der Waals surface area contributed by atoms with Gasteiger partial charge in [-0.25, -0.2) is 4.98 Å². The lowest BCUT2D eigenvalue weighted by molar-refractivity contribution is -0.209. The minimum absolute atomic E-state index is 0.0438. The van der Waals surface area contributed by atoms with Crippen molar-refractivity contribution < 1.29 is 23.2 Å². The molecule has 2 aliphatic rings. The van der Waals surface area contributed by atoms with Crippen LogP contribution in [0.15, 0.2) is 60.5 Å². The quantitative estimate of drug-likeness (QED) is 0.637. The first kappa shape index (κ1) is 21.8. The third-order valence-corrected chi connectivity index (χ3v) is 5.82. The lowest BCUT2D eigenvalue weighted by Crippen LogP contribution is -2.57.